The Morgan fingerprint density at radius 3 is 1.93 bits per heavy atom. The van der Waals surface area contributed by atoms with E-state index in [1.54, 1.807) is 6.07 Å². The summed E-state index contributed by atoms with van der Waals surface area (Å²) < 4.78 is 129. The van der Waals surface area contributed by atoms with Gasteiger partial charge in [-0.3, -0.25) is 4.79 Å². The van der Waals surface area contributed by atoms with Crippen molar-refractivity contribution in [2.24, 2.45) is 0 Å². The van der Waals surface area contributed by atoms with Crippen molar-refractivity contribution in [2.45, 2.75) is 18.5 Å². The van der Waals surface area contributed by atoms with Gasteiger partial charge in [0.1, 0.15) is 11.5 Å². The summed E-state index contributed by atoms with van der Waals surface area (Å²) in [7, 11) is 0. The first-order chi connectivity index (χ1) is 19.5. The molecule has 4 aromatic rings. The maximum atomic E-state index is 13.2. The highest BCUT2D eigenvalue weighted by Gasteiger charge is 2.38. The Balaban J connectivity index is 1.45. The first kappa shape index (κ1) is 30.6. The van der Waals surface area contributed by atoms with Gasteiger partial charge in [0, 0.05) is 11.8 Å². The minimum Gasteiger partial charge on any atom is -0.467 e. The largest absolute Gasteiger partial charge is 0.467 e. The van der Waals surface area contributed by atoms with Crippen LogP contribution >= 0.6 is 11.6 Å². The van der Waals surface area contributed by atoms with E-state index in [2.05, 4.69) is 10.4 Å². The molecule has 4 rings (SSSR count). The highest BCUT2D eigenvalue weighted by molar-refractivity contribution is 6.32. The first-order valence-corrected chi connectivity index (χ1v) is 11.8. The number of aromatic nitrogens is 2. The number of hydrogen-bond donors (Lipinski definition) is 1. The highest BCUT2D eigenvalue weighted by Crippen LogP contribution is 2.39. The van der Waals surface area contributed by atoms with E-state index in [9.17, 15) is 44.3 Å². The fourth-order valence-electron chi connectivity index (χ4n) is 3.47. The molecule has 0 bridgehead atoms. The van der Waals surface area contributed by atoms with Crippen LogP contribution in [-0.2, 0) is 23.3 Å². The van der Waals surface area contributed by atoms with E-state index in [4.69, 9.17) is 21.1 Å². The SMILES string of the molecule is O=C(COc1cc(C(F)(F)F)nn1-c1ccccc1Cl)Nc1ccc(Oc2cc(C(F)(F)F)cc(C(F)(F)F)c2)cc1. The van der Waals surface area contributed by atoms with Gasteiger partial charge in [-0.15, -0.1) is 0 Å². The summed E-state index contributed by atoms with van der Waals surface area (Å²) in [4.78, 5) is 12.4. The summed E-state index contributed by atoms with van der Waals surface area (Å²) in [5, 5.41) is 5.90. The molecule has 16 heteroatoms. The van der Waals surface area contributed by atoms with E-state index in [1.165, 1.54) is 30.3 Å². The van der Waals surface area contributed by atoms with Crippen molar-refractivity contribution in [3.05, 3.63) is 94.6 Å². The average Bonchev–Trinajstić information content (AvgIpc) is 3.32. The third-order valence-electron chi connectivity index (χ3n) is 5.33. The van der Waals surface area contributed by atoms with Crippen molar-refractivity contribution in [3.8, 4) is 23.1 Å². The molecule has 3 aromatic carbocycles. The van der Waals surface area contributed by atoms with Gasteiger partial charge >= 0.3 is 18.5 Å². The third-order valence-corrected chi connectivity index (χ3v) is 5.65. The third kappa shape index (κ3) is 7.46. The monoisotopic (exact) mass is 623 g/mol. The van der Waals surface area contributed by atoms with Gasteiger partial charge in [0.15, 0.2) is 12.3 Å². The predicted octanol–water partition coefficient (Wildman–Crippen LogP) is 8.39. The predicted molar refractivity (Wildman–Crippen MR) is 131 cm³/mol. The lowest BCUT2D eigenvalue weighted by Gasteiger charge is -2.15. The van der Waals surface area contributed by atoms with Crippen LogP contribution in [0.4, 0.5) is 45.2 Å². The fraction of sp³-hybridized carbons (Fsp3) is 0.154. The Morgan fingerprint density at radius 2 is 1.38 bits per heavy atom. The normalized spacial score (nSPS) is 12.2. The first-order valence-electron chi connectivity index (χ1n) is 11.4. The number of carbonyl (C=O) groups is 1. The van der Waals surface area contributed by atoms with Crippen molar-refractivity contribution in [1.29, 1.82) is 0 Å². The molecule has 1 heterocycles. The summed E-state index contributed by atoms with van der Waals surface area (Å²) in [6.07, 6.45) is -14.9. The molecule has 0 aliphatic carbocycles. The Bertz CT molecular complexity index is 1550. The van der Waals surface area contributed by atoms with E-state index in [1.807, 2.05) is 0 Å². The Kier molecular flexibility index (Phi) is 8.34. The van der Waals surface area contributed by atoms with Gasteiger partial charge in [0.2, 0.25) is 5.88 Å². The summed E-state index contributed by atoms with van der Waals surface area (Å²) >= 11 is 6.06. The van der Waals surface area contributed by atoms with Crippen LogP contribution in [0.15, 0.2) is 72.8 Å². The number of amides is 1. The molecular weight excluding hydrogens is 609 g/mol. The zero-order valence-electron chi connectivity index (χ0n) is 20.5. The second-order valence-corrected chi connectivity index (χ2v) is 8.84. The molecule has 0 saturated heterocycles. The van der Waals surface area contributed by atoms with E-state index < -0.39 is 59.5 Å². The zero-order valence-corrected chi connectivity index (χ0v) is 21.3. The summed E-state index contributed by atoms with van der Waals surface area (Å²) in [5.41, 5.74) is -4.25. The smallest absolute Gasteiger partial charge is 0.435 e. The van der Waals surface area contributed by atoms with Crippen LogP contribution in [0.1, 0.15) is 16.8 Å². The number of nitrogens with one attached hydrogen (secondary N) is 1. The molecule has 0 fully saturated rings. The van der Waals surface area contributed by atoms with Gasteiger partial charge in [-0.2, -0.15) is 49.3 Å². The molecule has 0 radical (unpaired) electrons. The van der Waals surface area contributed by atoms with Crippen molar-refractivity contribution in [2.75, 3.05) is 11.9 Å². The fourth-order valence-corrected chi connectivity index (χ4v) is 3.68. The standard InChI is InChI=1S/C26H15ClF9N3O3/c27-19-3-1-2-4-20(19)39-23(12-21(38-39)26(34,35)36)41-13-22(40)37-16-5-7-17(8-6-16)42-18-10-14(24(28,29)30)9-15(11-18)25(31,32)33/h1-12H,13H2,(H,37,40). The number of benzene rings is 3. The lowest BCUT2D eigenvalue weighted by Crippen LogP contribution is -2.21. The van der Waals surface area contributed by atoms with Gasteiger partial charge in [0.25, 0.3) is 5.91 Å². The van der Waals surface area contributed by atoms with Crippen LogP contribution in [0, 0.1) is 0 Å². The summed E-state index contributed by atoms with van der Waals surface area (Å²) in [5.74, 6) is -2.14. The van der Waals surface area contributed by atoms with Gasteiger partial charge in [0.05, 0.1) is 21.8 Å². The van der Waals surface area contributed by atoms with Crippen LogP contribution in [0.2, 0.25) is 5.02 Å². The van der Waals surface area contributed by atoms with Crippen LogP contribution in [0.25, 0.3) is 5.69 Å². The second-order valence-electron chi connectivity index (χ2n) is 8.43. The average molecular weight is 624 g/mol. The minimum absolute atomic E-state index is 0.0428. The molecule has 6 nitrogen and oxygen atoms in total. The number of carbonyl (C=O) groups excluding carboxylic acids is 1. The number of hydrogen-bond acceptors (Lipinski definition) is 4. The van der Waals surface area contributed by atoms with E-state index >= 15 is 0 Å². The lowest BCUT2D eigenvalue weighted by atomic mass is 10.1. The molecule has 1 aromatic heterocycles. The minimum atomic E-state index is -5.06. The van der Waals surface area contributed by atoms with Gasteiger partial charge in [-0.05, 0) is 54.6 Å². The molecule has 0 atom stereocenters. The van der Waals surface area contributed by atoms with E-state index in [-0.39, 0.29) is 28.2 Å². The number of rotatable bonds is 7. The van der Waals surface area contributed by atoms with Crippen molar-refractivity contribution in [1.82, 2.24) is 9.78 Å². The van der Waals surface area contributed by atoms with Crippen molar-refractivity contribution >= 4 is 23.2 Å². The molecule has 222 valence electrons. The molecular formula is C26H15ClF9N3O3. The Labute approximate surface area is 235 Å². The quantitative estimate of drug-likeness (QED) is 0.210. The Hall–Kier alpha value is -4.40. The van der Waals surface area contributed by atoms with Crippen LogP contribution in [0.5, 0.6) is 17.4 Å². The van der Waals surface area contributed by atoms with Gasteiger partial charge in [-0.25, -0.2) is 0 Å². The van der Waals surface area contributed by atoms with Crippen LogP contribution < -0.4 is 14.8 Å². The van der Waals surface area contributed by atoms with Crippen LogP contribution in [-0.4, -0.2) is 22.3 Å². The molecule has 0 aliphatic rings. The molecule has 42 heavy (non-hydrogen) atoms. The zero-order chi connectivity index (χ0) is 30.9. The van der Waals surface area contributed by atoms with E-state index in [0.717, 1.165) is 16.8 Å². The molecule has 0 aliphatic heterocycles. The molecule has 0 spiro atoms. The van der Waals surface area contributed by atoms with E-state index in [0.29, 0.717) is 18.2 Å². The number of nitrogens with zero attached hydrogens (tertiary/aromatic N) is 2. The number of para-hydroxylation sites is 1. The van der Waals surface area contributed by atoms with Gasteiger partial charge in [-0.1, -0.05) is 23.7 Å². The van der Waals surface area contributed by atoms with Crippen LogP contribution in [0.3, 0.4) is 0 Å². The molecule has 1 amide bonds. The number of halogens is 10. The molecule has 0 unspecified atom stereocenters. The summed E-state index contributed by atoms with van der Waals surface area (Å²) in [6, 6.07) is 12.0. The summed E-state index contributed by atoms with van der Waals surface area (Å²) in [6.45, 7) is -0.768. The number of anilines is 1. The lowest BCUT2D eigenvalue weighted by molar-refractivity contribution is -0.143. The molecule has 0 saturated carbocycles. The topological polar surface area (TPSA) is 65.4 Å². The number of alkyl halides is 9. The maximum absolute atomic E-state index is 13.2. The number of ether oxygens (including phenoxy) is 2. The highest BCUT2D eigenvalue weighted by atomic mass is 35.5. The van der Waals surface area contributed by atoms with Crippen molar-refractivity contribution in [3.63, 3.8) is 0 Å². The second kappa shape index (κ2) is 11.5. The van der Waals surface area contributed by atoms with Crippen molar-refractivity contribution < 1.29 is 53.8 Å². The maximum Gasteiger partial charge on any atom is 0.435 e. The molecule has 1 N–H and O–H groups in total. The Morgan fingerprint density at radius 1 is 0.786 bits per heavy atom. The van der Waals surface area contributed by atoms with Gasteiger partial charge < -0.3 is 14.8 Å².